The molecule has 0 aliphatic carbocycles. The Bertz CT molecular complexity index is 811. The smallest absolute Gasteiger partial charge is 0.295 e. The van der Waals surface area contributed by atoms with Crippen LogP contribution < -0.4 is 0 Å². The highest BCUT2D eigenvalue weighted by molar-refractivity contribution is 6.46. The van der Waals surface area contributed by atoms with Crippen LogP contribution in [-0.4, -0.2) is 42.0 Å². The first-order valence-electron chi connectivity index (χ1n) is 7.61. The van der Waals surface area contributed by atoms with E-state index in [4.69, 9.17) is 9.15 Å². The van der Waals surface area contributed by atoms with Gasteiger partial charge in [-0.05, 0) is 36.4 Å². The van der Waals surface area contributed by atoms with Crippen LogP contribution in [0, 0.1) is 5.82 Å². The number of benzene rings is 1. The third kappa shape index (κ3) is 3.06. The van der Waals surface area contributed by atoms with Crippen LogP contribution >= 0.6 is 0 Å². The molecule has 0 radical (unpaired) electrons. The molecule has 1 unspecified atom stereocenters. The normalized spacial score (nSPS) is 19.6. The van der Waals surface area contributed by atoms with Gasteiger partial charge in [0.25, 0.3) is 11.7 Å². The van der Waals surface area contributed by atoms with Gasteiger partial charge in [0, 0.05) is 19.2 Å². The lowest BCUT2D eigenvalue weighted by Crippen LogP contribution is -2.32. The Balaban J connectivity index is 2.11. The van der Waals surface area contributed by atoms with Crippen molar-refractivity contribution in [2.75, 3.05) is 20.3 Å². The molecule has 1 atom stereocenters. The molecule has 7 heteroatoms. The predicted octanol–water partition coefficient (Wildman–Crippen LogP) is 2.49. The molecule has 0 bridgehead atoms. The summed E-state index contributed by atoms with van der Waals surface area (Å²) < 4.78 is 23.5. The molecular formula is C18H16FNO5. The van der Waals surface area contributed by atoms with E-state index in [0.29, 0.717) is 5.76 Å². The molecule has 1 saturated heterocycles. The van der Waals surface area contributed by atoms with Crippen LogP contribution in [0.5, 0.6) is 0 Å². The van der Waals surface area contributed by atoms with Gasteiger partial charge in [0.15, 0.2) is 0 Å². The maximum Gasteiger partial charge on any atom is 0.295 e. The van der Waals surface area contributed by atoms with Crippen LogP contribution in [0.3, 0.4) is 0 Å². The van der Waals surface area contributed by atoms with E-state index in [9.17, 15) is 19.1 Å². The van der Waals surface area contributed by atoms with Gasteiger partial charge in [-0.3, -0.25) is 9.59 Å². The number of halogens is 1. The SMILES string of the molecule is COCCN1C(=O)C(=O)/C(=C(\O)c2ccc(F)cc2)C1c1ccco1. The fourth-order valence-corrected chi connectivity index (χ4v) is 2.81. The molecule has 130 valence electrons. The van der Waals surface area contributed by atoms with Gasteiger partial charge in [-0.1, -0.05) is 0 Å². The van der Waals surface area contributed by atoms with Gasteiger partial charge >= 0.3 is 0 Å². The van der Waals surface area contributed by atoms with E-state index in [1.54, 1.807) is 12.1 Å². The first-order chi connectivity index (χ1) is 12.0. The molecule has 1 aliphatic heterocycles. The van der Waals surface area contributed by atoms with Gasteiger partial charge in [-0.2, -0.15) is 0 Å². The molecule has 1 fully saturated rings. The summed E-state index contributed by atoms with van der Waals surface area (Å²) in [5.74, 6) is -2.07. The number of amides is 1. The molecule has 1 amide bonds. The first-order valence-corrected chi connectivity index (χ1v) is 7.61. The molecule has 0 spiro atoms. The van der Waals surface area contributed by atoms with Crippen molar-refractivity contribution in [1.29, 1.82) is 0 Å². The zero-order valence-corrected chi connectivity index (χ0v) is 13.4. The van der Waals surface area contributed by atoms with Gasteiger partial charge in [0.2, 0.25) is 0 Å². The van der Waals surface area contributed by atoms with Gasteiger partial charge in [0.05, 0.1) is 18.4 Å². The number of hydrogen-bond acceptors (Lipinski definition) is 5. The molecule has 2 heterocycles. The largest absolute Gasteiger partial charge is 0.507 e. The Morgan fingerprint density at radius 1 is 1.28 bits per heavy atom. The number of ether oxygens (including phenoxy) is 1. The second kappa shape index (κ2) is 6.90. The van der Waals surface area contributed by atoms with Crippen molar-refractivity contribution >= 4 is 17.4 Å². The number of aliphatic hydroxyl groups is 1. The van der Waals surface area contributed by atoms with Crippen LogP contribution in [0.4, 0.5) is 4.39 Å². The number of aliphatic hydroxyl groups excluding tert-OH is 1. The Hall–Kier alpha value is -2.93. The van der Waals surface area contributed by atoms with E-state index >= 15 is 0 Å². The van der Waals surface area contributed by atoms with Crippen molar-refractivity contribution < 1.29 is 28.2 Å². The minimum atomic E-state index is -0.866. The Morgan fingerprint density at radius 3 is 2.60 bits per heavy atom. The second-order valence-electron chi connectivity index (χ2n) is 5.51. The van der Waals surface area contributed by atoms with Crippen LogP contribution in [0.15, 0.2) is 52.7 Å². The van der Waals surface area contributed by atoms with E-state index in [1.165, 1.54) is 30.4 Å². The molecule has 1 N–H and O–H groups in total. The average Bonchev–Trinajstić information content (AvgIpc) is 3.21. The zero-order valence-electron chi connectivity index (χ0n) is 13.4. The van der Waals surface area contributed by atoms with Crippen LogP contribution in [0.25, 0.3) is 5.76 Å². The number of hydrogen-bond donors (Lipinski definition) is 1. The van der Waals surface area contributed by atoms with Crippen molar-refractivity contribution in [3.05, 3.63) is 65.4 Å². The summed E-state index contributed by atoms with van der Waals surface area (Å²) in [6.45, 7) is 0.382. The van der Waals surface area contributed by atoms with Crippen molar-refractivity contribution in [1.82, 2.24) is 4.90 Å². The van der Waals surface area contributed by atoms with E-state index in [-0.39, 0.29) is 30.0 Å². The Morgan fingerprint density at radius 2 is 2.00 bits per heavy atom. The average molecular weight is 345 g/mol. The Kier molecular flexibility index (Phi) is 4.67. The molecule has 3 rings (SSSR count). The number of Topliss-reactive ketones (excluding diaryl/α,β-unsaturated/α-hetero) is 1. The molecule has 0 saturated carbocycles. The van der Waals surface area contributed by atoms with E-state index in [0.717, 1.165) is 12.1 Å². The zero-order chi connectivity index (χ0) is 18.0. The second-order valence-corrected chi connectivity index (χ2v) is 5.51. The van der Waals surface area contributed by atoms with Crippen molar-refractivity contribution in [3.8, 4) is 0 Å². The minimum absolute atomic E-state index is 0.0948. The number of likely N-dealkylation sites (tertiary alicyclic amines) is 1. The highest BCUT2D eigenvalue weighted by atomic mass is 19.1. The summed E-state index contributed by atoms with van der Waals surface area (Å²) in [5.41, 5.74) is 0.144. The first kappa shape index (κ1) is 16.9. The van der Waals surface area contributed by atoms with Gasteiger partial charge in [-0.15, -0.1) is 0 Å². The lowest BCUT2D eigenvalue weighted by Gasteiger charge is -2.22. The number of carbonyl (C=O) groups excluding carboxylic acids is 2. The number of carbonyl (C=O) groups is 2. The third-order valence-corrected chi connectivity index (χ3v) is 4.01. The monoisotopic (exact) mass is 345 g/mol. The summed E-state index contributed by atoms with van der Waals surface area (Å²) in [4.78, 5) is 26.2. The standard InChI is InChI=1S/C18H16FNO5/c1-24-10-8-20-15(13-3-2-9-25-13)14(17(22)18(20)23)16(21)11-4-6-12(19)7-5-11/h2-7,9,15,21H,8,10H2,1H3/b16-14-. The van der Waals surface area contributed by atoms with E-state index < -0.39 is 23.5 Å². The van der Waals surface area contributed by atoms with Crippen LogP contribution in [-0.2, 0) is 14.3 Å². The maximum atomic E-state index is 13.1. The quantitative estimate of drug-likeness (QED) is 0.512. The van der Waals surface area contributed by atoms with Gasteiger partial charge < -0.3 is 19.2 Å². The fourth-order valence-electron chi connectivity index (χ4n) is 2.81. The summed E-state index contributed by atoms with van der Waals surface area (Å²) in [6.07, 6.45) is 1.42. The van der Waals surface area contributed by atoms with Crippen LogP contribution in [0.1, 0.15) is 17.4 Å². The summed E-state index contributed by atoms with van der Waals surface area (Å²) in [7, 11) is 1.48. The van der Waals surface area contributed by atoms with E-state index in [1.807, 2.05) is 0 Å². The maximum absolute atomic E-state index is 13.1. The van der Waals surface area contributed by atoms with Crippen molar-refractivity contribution in [3.63, 3.8) is 0 Å². The lowest BCUT2D eigenvalue weighted by molar-refractivity contribution is -0.140. The molecule has 25 heavy (non-hydrogen) atoms. The number of rotatable bonds is 5. The number of furan rings is 1. The summed E-state index contributed by atoms with van der Waals surface area (Å²) in [5, 5.41) is 10.6. The number of nitrogens with zero attached hydrogens (tertiary/aromatic N) is 1. The molecular weight excluding hydrogens is 329 g/mol. The molecule has 1 aliphatic rings. The third-order valence-electron chi connectivity index (χ3n) is 4.01. The topological polar surface area (TPSA) is 80.0 Å². The van der Waals surface area contributed by atoms with Gasteiger partial charge in [-0.25, -0.2) is 4.39 Å². The molecule has 1 aromatic heterocycles. The predicted molar refractivity (Wildman–Crippen MR) is 86.0 cm³/mol. The van der Waals surface area contributed by atoms with Crippen molar-refractivity contribution in [2.24, 2.45) is 0 Å². The highest BCUT2D eigenvalue weighted by Crippen LogP contribution is 2.39. The summed E-state index contributed by atoms with van der Waals surface area (Å²) >= 11 is 0. The number of ketones is 1. The molecule has 1 aromatic carbocycles. The number of methoxy groups -OCH3 is 1. The highest BCUT2D eigenvalue weighted by Gasteiger charge is 2.47. The van der Waals surface area contributed by atoms with E-state index in [2.05, 4.69) is 0 Å². The summed E-state index contributed by atoms with van der Waals surface area (Å²) in [6, 6.07) is 7.39. The fraction of sp³-hybridized carbons (Fsp3) is 0.222. The van der Waals surface area contributed by atoms with Gasteiger partial charge in [0.1, 0.15) is 23.4 Å². The van der Waals surface area contributed by atoms with Crippen LogP contribution in [0.2, 0.25) is 0 Å². The van der Waals surface area contributed by atoms with Crippen molar-refractivity contribution in [2.45, 2.75) is 6.04 Å². The molecule has 6 nitrogen and oxygen atoms in total. The molecule has 2 aromatic rings. The lowest BCUT2D eigenvalue weighted by atomic mass is 9.99. The minimum Gasteiger partial charge on any atom is -0.507 e. The Labute approximate surface area is 143 Å².